The van der Waals surface area contributed by atoms with E-state index in [1.807, 2.05) is 60.7 Å². The first-order valence-corrected chi connectivity index (χ1v) is 7.07. The van der Waals surface area contributed by atoms with Crippen LogP contribution in [0.1, 0.15) is 0 Å². The van der Waals surface area contributed by atoms with Gasteiger partial charge in [-0.25, -0.2) is 14.8 Å². The van der Waals surface area contributed by atoms with E-state index in [9.17, 15) is 4.79 Å². The molecule has 2 amide bonds. The molecule has 0 fully saturated rings. The number of hydrogen-bond donors (Lipinski definition) is 3. The number of para-hydroxylation sites is 2. The van der Waals surface area contributed by atoms with E-state index in [4.69, 9.17) is 0 Å². The third-order valence-electron chi connectivity index (χ3n) is 2.99. The maximum Gasteiger partial charge on any atom is 0.324 e. The van der Waals surface area contributed by atoms with Crippen LogP contribution in [0.2, 0.25) is 0 Å². The minimum absolute atomic E-state index is 0.361. The molecule has 23 heavy (non-hydrogen) atoms. The van der Waals surface area contributed by atoms with Gasteiger partial charge in [0.25, 0.3) is 0 Å². The monoisotopic (exact) mass is 305 g/mol. The Morgan fingerprint density at radius 3 is 2.04 bits per heavy atom. The average molecular weight is 305 g/mol. The topological polar surface area (TPSA) is 78.9 Å². The van der Waals surface area contributed by atoms with Crippen molar-refractivity contribution in [2.24, 2.45) is 0 Å². The Hall–Kier alpha value is -3.41. The molecule has 6 heteroatoms. The number of carbonyl (C=O) groups excluding carboxylic acids is 1. The number of hydrogen-bond acceptors (Lipinski definition) is 4. The van der Waals surface area contributed by atoms with E-state index in [1.165, 1.54) is 6.33 Å². The van der Waals surface area contributed by atoms with Crippen LogP contribution >= 0.6 is 0 Å². The van der Waals surface area contributed by atoms with E-state index in [0.29, 0.717) is 17.3 Å². The van der Waals surface area contributed by atoms with Crippen LogP contribution < -0.4 is 16.0 Å². The van der Waals surface area contributed by atoms with Gasteiger partial charge in [0.2, 0.25) is 0 Å². The molecule has 3 aromatic rings. The van der Waals surface area contributed by atoms with Gasteiger partial charge < -0.3 is 10.6 Å². The molecule has 6 nitrogen and oxygen atoms in total. The van der Waals surface area contributed by atoms with Crippen molar-refractivity contribution in [2.75, 3.05) is 16.0 Å². The molecule has 1 heterocycles. The third kappa shape index (κ3) is 4.28. The highest BCUT2D eigenvalue weighted by atomic mass is 16.2. The molecular weight excluding hydrogens is 290 g/mol. The summed E-state index contributed by atoms with van der Waals surface area (Å²) in [4.78, 5) is 20.1. The van der Waals surface area contributed by atoms with Crippen LogP contribution in [0.4, 0.5) is 27.8 Å². The number of rotatable bonds is 4. The summed E-state index contributed by atoms with van der Waals surface area (Å²) in [6, 6.07) is 20.1. The van der Waals surface area contributed by atoms with Crippen molar-refractivity contribution < 1.29 is 4.79 Å². The molecule has 0 radical (unpaired) electrons. The lowest BCUT2D eigenvalue weighted by atomic mass is 10.3. The molecule has 0 aliphatic carbocycles. The molecule has 2 aromatic carbocycles. The minimum atomic E-state index is -0.361. The quantitative estimate of drug-likeness (QED) is 0.684. The summed E-state index contributed by atoms with van der Waals surface area (Å²) in [5.74, 6) is 1.01. The van der Waals surface area contributed by atoms with Crippen molar-refractivity contribution in [3.8, 4) is 0 Å². The van der Waals surface area contributed by atoms with Crippen LogP contribution in [0, 0.1) is 0 Å². The summed E-state index contributed by atoms with van der Waals surface area (Å²) in [7, 11) is 0. The highest BCUT2D eigenvalue weighted by Crippen LogP contribution is 2.15. The second-order valence-electron chi connectivity index (χ2n) is 4.72. The van der Waals surface area contributed by atoms with E-state index < -0.39 is 0 Å². The molecule has 0 saturated carbocycles. The summed E-state index contributed by atoms with van der Waals surface area (Å²) in [5, 5.41) is 8.55. The Bertz CT molecular complexity index is 777. The number of urea groups is 1. The molecule has 0 spiro atoms. The maximum absolute atomic E-state index is 11.9. The van der Waals surface area contributed by atoms with E-state index in [-0.39, 0.29) is 6.03 Å². The summed E-state index contributed by atoms with van der Waals surface area (Å²) < 4.78 is 0. The zero-order valence-corrected chi connectivity index (χ0v) is 12.2. The van der Waals surface area contributed by atoms with Crippen LogP contribution in [-0.2, 0) is 0 Å². The van der Waals surface area contributed by atoms with E-state index >= 15 is 0 Å². The number of aromatic nitrogens is 2. The number of nitrogens with zero attached hydrogens (tertiary/aromatic N) is 2. The predicted molar refractivity (Wildman–Crippen MR) is 90.8 cm³/mol. The second-order valence-corrected chi connectivity index (χ2v) is 4.72. The first-order valence-electron chi connectivity index (χ1n) is 7.07. The second kappa shape index (κ2) is 7.04. The highest BCUT2D eigenvalue weighted by molar-refractivity contribution is 5.99. The fraction of sp³-hybridized carbons (Fsp3) is 0. The Morgan fingerprint density at radius 1 is 0.739 bits per heavy atom. The lowest BCUT2D eigenvalue weighted by molar-refractivity contribution is 0.262. The summed E-state index contributed by atoms with van der Waals surface area (Å²) in [5.41, 5.74) is 1.62. The minimum Gasteiger partial charge on any atom is -0.340 e. The van der Waals surface area contributed by atoms with Crippen LogP contribution in [0.3, 0.4) is 0 Å². The van der Waals surface area contributed by atoms with Crippen LogP contribution in [0.5, 0.6) is 0 Å². The SMILES string of the molecule is O=C(Nc1ccccc1)Nc1cc(Nc2ccccc2)ncn1. The van der Waals surface area contributed by atoms with Gasteiger partial charge in [-0.3, -0.25) is 5.32 Å². The standard InChI is InChI=1S/C17H15N5O/c23-17(21-14-9-5-2-6-10-14)22-16-11-15(18-12-19-16)20-13-7-3-1-4-8-13/h1-12H,(H3,18,19,20,21,22,23). The van der Waals surface area contributed by atoms with E-state index in [1.54, 1.807) is 6.07 Å². The molecule has 0 atom stereocenters. The van der Waals surface area contributed by atoms with Gasteiger partial charge in [-0.15, -0.1) is 0 Å². The van der Waals surface area contributed by atoms with Crippen LogP contribution in [0.25, 0.3) is 0 Å². The van der Waals surface area contributed by atoms with Crippen LogP contribution in [0.15, 0.2) is 73.1 Å². The zero-order chi connectivity index (χ0) is 15.9. The van der Waals surface area contributed by atoms with E-state index in [0.717, 1.165) is 5.69 Å². The molecule has 3 rings (SSSR count). The van der Waals surface area contributed by atoms with Gasteiger partial charge in [0.1, 0.15) is 18.0 Å². The fourth-order valence-electron chi connectivity index (χ4n) is 1.96. The highest BCUT2D eigenvalue weighted by Gasteiger charge is 2.05. The average Bonchev–Trinajstić information content (AvgIpc) is 2.57. The lowest BCUT2D eigenvalue weighted by Crippen LogP contribution is -2.20. The molecular formula is C17H15N5O. The van der Waals surface area contributed by atoms with Gasteiger partial charge in [-0.2, -0.15) is 0 Å². The van der Waals surface area contributed by atoms with Gasteiger partial charge in [0.05, 0.1) is 0 Å². The van der Waals surface area contributed by atoms with Crippen molar-refractivity contribution in [1.29, 1.82) is 0 Å². The Morgan fingerprint density at radius 2 is 1.35 bits per heavy atom. The van der Waals surface area contributed by atoms with Crippen molar-refractivity contribution in [2.45, 2.75) is 0 Å². The molecule has 114 valence electrons. The third-order valence-corrected chi connectivity index (χ3v) is 2.99. The van der Waals surface area contributed by atoms with Crippen molar-refractivity contribution >= 4 is 29.0 Å². The normalized spacial score (nSPS) is 9.91. The fourth-order valence-corrected chi connectivity index (χ4v) is 1.96. The molecule has 0 bridgehead atoms. The molecule has 3 N–H and O–H groups in total. The largest absolute Gasteiger partial charge is 0.340 e. The molecule has 0 saturated heterocycles. The lowest BCUT2D eigenvalue weighted by Gasteiger charge is -2.09. The van der Waals surface area contributed by atoms with Gasteiger partial charge in [0.15, 0.2) is 0 Å². The number of amides is 2. The summed E-state index contributed by atoms with van der Waals surface area (Å²) >= 11 is 0. The van der Waals surface area contributed by atoms with Crippen molar-refractivity contribution in [3.05, 3.63) is 73.1 Å². The smallest absolute Gasteiger partial charge is 0.324 e. The van der Waals surface area contributed by atoms with Gasteiger partial charge in [-0.1, -0.05) is 36.4 Å². The zero-order valence-electron chi connectivity index (χ0n) is 12.2. The molecule has 0 aliphatic heterocycles. The van der Waals surface area contributed by atoms with Crippen LogP contribution in [-0.4, -0.2) is 16.0 Å². The number of carbonyl (C=O) groups is 1. The number of anilines is 4. The summed E-state index contributed by atoms with van der Waals surface area (Å²) in [6.07, 6.45) is 1.39. The predicted octanol–water partition coefficient (Wildman–Crippen LogP) is 3.86. The Kier molecular flexibility index (Phi) is 4.44. The first kappa shape index (κ1) is 14.5. The number of benzene rings is 2. The Labute approximate surface area is 133 Å². The molecule has 1 aromatic heterocycles. The van der Waals surface area contributed by atoms with Crippen molar-refractivity contribution in [1.82, 2.24) is 9.97 Å². The first-order chi connectivity index (χ1) is 11.3. The van der Waals surface area contributed by atoms with Gasteiger partial charge >= 0.3 is 6.03 Å². The summed E-state index contributed by atoms with van der Waals surface area (Å²) in [6.45, 7) is 0. The molecule has 0 unspecified atom stereocenters. The Balaban J connectivity index is 1.64. The van der Waals surface area contributed by atoms with Crippen molar-refractivity contribution in [3.63, 3.8) is 0 Å². The molecule has 0 aliphatic rings. The number of nitrogens with one attached hydrogen (secondary N) is 3. The van der Waals surface area contributed by atoms with Gasteiger partial charge in [0, 0.05) is 17.4 Å². The maximum atomic E-state index is 11.9. The van der Waals surface area contributed by atoms with Gasteiger partial charge in [-0.05, 0) is 24.3 Å². The van der Waals surface area contributed by atoms with E-state index in [2.05, 4.69) is 25.9 Å².